The van der Waals surface area contributed by atoms with E-state index in [1.54, 1.807) is 12.1 Å². The van der Waals surface area contributed by atoms with Crippen LogP contribution in [0.15, 0.2) is 24.3 Å². The molecule has 5 heteroatoms. The number of aryl methyl sites for hydroxylation is 1. The van der Waals surface area contributed by atoms with Gasteiger partial charge < -0.3 is 16.2 Å². The summed E-state index contributed by atoms with van der Waals surface area (Å²) < 4.78 is 0. The molecule has 0 aliphatic carbocycles. The van der Waals surface area contributed by atoms with Crippen molar-refractivity contribution in [1.82, 2.24) is 5.32 Å². The van der Waals surface area contributed by atoms with Gasteiger partial charge in [0.1, 0.15) is 11.9 Å². The molecule has 0 spiro atoms. The van der Waals surface area contributed by atoms with E-state index in [4.69, 9.17) is 16.2 Å². The molecule has 0 aromatic heterocycles. The van der Waals surface area contributed by atoms with Crippen molar-refractivity contribution in [2.24, 2.45) is 5.73 Å². The van der Waals surface area contributed by atoms with Gasteiger partial charge in [-0.25, -0.2) is 0 Å². The number of hydrogen-bond donors (Lipinski definition) is 4. The predicted octanol–water partition coefficient (Wildman–Crippen LogP) is 3.40. The number of hydrogen-bond acceptors (Lipinski definition) is 3. The molecule has 1 unspecified atom stereocenters. The molecule has 1 amide bonds. The maximum absolute atomic E-state index is 12.1. The summed E-state index contributed by atoms with van der Waals surface area (Å²) in [5, 5.41) is 18.9. The van der Waals surface area contributed by atoms with E-state index >= 15 is 0 Å². The minimum Gasteiger partial charge on any atom is -0.394 e. The predicted molar refractivity (Wildman–Crippen MR) is 103 cm³/mol. The highest BCUT2D eigenvalue weighted by atomic mass is 16.3. The van der Waals surface area contributed by atoms with Crippen LogP contribution in [0.25, 0.3) is 0 Å². The number of aliphatic hydroxyl groups is 1. The lowest BCUT2D eigenvalue weighted by molar-refractivity contribution is 0.0933. The normalized spacial score (nSPS) is 11.9. The van der Waals surface area contributed by atoms with Crippen LogP contribution < -0.4 is 11.1 Å². The average molecular weight is 348 g/mol. The van der Waals surface area contributed by atoms with Crippen molar-refractivity contribution >= 4 is 11.7 Å². The van der Waals surface area contributed by atoms with E-state index in [2.05, 4.69) is 12.2 Å². The Labute approximate surface area is 151 Å². The number of amidine groups is 1. The Kier molecular flexibility index (Phi) is 10.6. The smallest absolute Gasteiger partial charge is 0.251 e. The van der Waals surface area contributed by atoms with Crippen molar-refractivity contribution in [3.05, 3.63) is 35.4 Å². The minimum absolute atomic E-state index is 0.248. The highest BCUT2D eigenvalue weighted by Crippen LogP contribution is 2.12. The molecule has 0 fully saturated rings. The van der Waals surface area contributed by atoms with Gasteiger partial charge in [-0.2, -0.15) is 0 Å². The van der Waals surface area contributed by atoms with Gasteiger partial charge in [0.15, 0.2) is 0 Å². The monoisotopic (exact) mass is 347 g/mol. The van der Waals surface area contributed by atoms with Crippen LogP contribution in [0.2, 0.25) is 0 Å². The Balaban J connectivity index is 2.29. The number of amides is 1. The molecule has 0 radical (unpaired) electrons. The van der Waals surface area contributed by atoms with Crippen LogP contribution in [-0.2, 0) is 6.42 Å². The lowest BCUT2D eigenvalue weighted by Gasteiger charge is -2.14. The first-order valence-electron chi connectivity index (χ1n) is 9.43. The number of carbonyl (C=O) groups is 1. The minimum atomic E-state index is -0.829. The SMILES string of the molecule is CCCCCCCCCCc1ccc(C(=O)NC(CO)C(=N)N)cc1. The molecule has 25 heavy (non-hydrogen) atoms. The van der Waals surface area contributed by atoms with Crippen LogP contribution in [-0.4, -0.2) is 29.5 Å². The number of aliphatic hydroxyl groups excluding tert-OH is 1. The number of carbonyl (C=O) groups excluding carboxylic acids is 1. The van der Waals surface area contributed by atoms with Crippen LogP contribution in [0.3, 0.4) is 0 Å². The summed E-state index contributed by atoms with van der Waals surface area (Å²) >= 11 is 0. The highest BCUT2D eigenvalue weighted by molar-refractivity contribution is 5.97. The summed E-state index contributed by atoms with van der Waals surface area (Å²) in [7, 11) is 0. The summed E-state index contributed by atoms with van der Waals surface area (Å²) in [6.07, 6.45) is 11.5. The molecular formula is C20H33N3O2. The van der Waals surface area contributed by atoms with Gasteiger partial charge >= 0.3 is 0 Å². The molecule has 0 bridgehead atoms. The topological polar surface area (TPSA) is 99.2 Å². The number of nitrogens with two attached hydrogens (primary N) is 1. The lowest BCUT2D eigenvalue weighted by atomic mass is 10.0. The molecule has 140 valence electrons. The molecule has 0 saturated carbocycles. The van der Waals surface area contributed by atoms with E-state index in [0.717, 1.165) is 6.42 Å². The van der Waals surface area contributed by atoms with E-state index in [-0.39, 0.29) is 18.3 Å². The van der Waals surface area contributed by atoms with Crippen molar-refractivity contribution in [2.75, 3.05) is 6.61 Å². The van der Waals surface area contributed by atoms with Crippen LogP contribution >= 0.6 is 0 Å². The largest absolute Gasteiger partial charge is 0.394 e. The average Bonchev–Trinajstić information content (AvgIpc) is 2.62. The van der Waals surface area contributed by atoms with Gasteiger partial charge in [-0.05, 0) is 30.5 Å². The lowest BCUT2D eigenvalue weighted by Crippen LogP contribution is -2.46. The fourth-order valence-corrected chi connectivity index (χ4v) is 2.75. The van der Waals surface area contributed by atoms with Gasteiger partial charge in [-0.15, -0.1) is 0 Å². The summed E-state index contributed by atoms with van der Waals surface area (Å²) in [5.41, 5.74) is 7.06. The molecule has 1 rings (SSSR count). The molecule has 0 aliphatic rings. The third kappa shape index (κ3) is 8.68. The standard InChI is InChI=1S/C20H33N3O2/c1-2-3-4-5-6-7-8-9-10-16-11-13-17(14-12-16)20(25)23-18(15-24)19(21)22/h11-14,18,24H,2-10,15H2,1H3,(H3,21,22)(H,23,25). The van der Waals surface area contributed by atoms with Gasteiger partial charge in [0.2, 0.25) is 0 Å². The Morgan fingerprint density at radius 1 is 1.08 bits per heavy atom. The molecule has 5 N–H and O–H groups in total. The van der Waals surface area contributed by atoms with Crippen LogP contribution in [0.5, 0.6) is 0 Å². The van der Waals surface area contributed by atoms with E-state index < -0.39 is 6.04 Å². The summed E-state index contributed by atoms with van der Waals surface area (Å²) in [6, 6.07) is 6.67. The first kappa shape index (κ1) is 21.2. The Morgan fingerprint density at radius 3 is 2.16 bits per heavy atom. The molecule has 1 aromatic rings. The Morgan fingerprint density at radius 2 is 1.64 bits per heavy atom. The molecule has 0 heterocycles. The van der Waals surface area contributed by atoms with Gasteiger partial charge in [-0.3, -0.25) is 10.2 Å². The molecule has 1 aromatic carbocycles. The van der Waals surface area contributed by atoms with Crippen LogP contribution in [0, 0.1) is 5.41 Å². The van der Waals surface area contributed by atoms with Crippen LogP contribution in [0.1, 0.15) is 74.2 Å². The first-order chi connectivity index (χ1) is 12.1. The quantitative estimate of drug-likeness (QED) is 0.250. The number of nitrogens with one attached hydrogen (secondary N) is 2. The van der Waals surface area contributed by atoms with E-state index in [0.29, 0.717) is 5.56 Å². The fourth-order valence-electron chi connectivity index (χ4n) is 2.75. The molecule has 0 saturated heterocycles. The van der Waals surface area contributed by atoms with Gasteiger partial charge in [0, 0.05) is 5.56 Å². The highest BCUT2D eigenvalue weighted by Gasteiger charge is 2.15. The first-order valence-corrected chi connectivity index (χ1v) is 9.43. The number of benzene rings is 1. The summed E-state index contributed by atoms with van der Waals surface area (Å²) in [5.74, 6) is -0.574. The van der Waals surface area contributed by atoms with Gasteiger partial charge in [0.05, 0.1) is 6.61 Å². The Bertz CT molecular complexity index is 514. The van der Waals surface area contributed by atoms with Crippen LogP contribution in [0.4, 0.5) is 0 Å². The van der Waals surface area contributed by atoms with Crippen molar-refractivity contribution in [2.45, 2.75) is 70.8 Å². The maximum Gasteiger partial charge on any atom is 0.251 e. The zero-order valence-corrected chi connectivity index (χ0v) is 15.4. The number of unbranched alkanes of at least 4 members (excludes halogenated alkanes) is 7. The maximum atomic E-state index is 12.1. The second kappa shape index (κ2) is 12.5. The van der Waals surface area contributed by atoms with Crippen molar-refractivity contribution < 1.29 is 9.90 Å². The second-order valence-corrected chi connectivity index (χ2v) is 6.59. The molecule has 5 nitrogen and oxygen atoms in total. The van der Waals surface area contributed by atoms with Crippen molar-refractivity contribution in [3.63, 3.8) is 0 Å². The Hall–Kier alpha value is -1.88. The molecule has 0 aliphatic heterocycles. The van der Waals surface area contributed by atoms with E-state index in [1.807, 2.05) is 12.1 Å². The van der Waals surface area contributed by atoms with E-state index in [1.165, 1.54) is 56.9 Å². The third-order valence-corrected chi connectivity index (χ3v) is 4.40. The fraction of sp³-hybridized carbons (Fsp3) is 0.600. The van der Waals surface area contributed by atoms with Crippen molar-refractivity contribution in [3.8, 4) is 0 Å². The zero-order valence-electron chi connectivity index (χ0n) is 15.4. The van der Waals surface area contributed by atoms with Gasteiger partial charge in [0.25, 0.3) is 5.91 Å². The number of rotatable bonds is 13. The van der Waals surface area contributed by atoms with E-state index in [9.17, 15) is 4.79 Å². The molecule has 1 atom stereocenters. The van der Waals surface area contributed by atoms with Crippen molar-refractivity contribution in [1.29, 1.82) is 5.41 Å². The summed E-state index contributed by atoms with van der Waals surface area (Å²) in [4.78, 5) is 12.1. The summed E-state index contributed by atoms with van der Waals surface area (Å²) in [6.45, 7) is 1.86. The second-order valence-electron chi connectivity index (χ2n) is 6.59. The van der Waals surface area contributed by atoms with Gasteiger partial charge in [-0.1, -0.05) is 64.0 Å². The zero-order chi connectivity index (χ0) is 18.5. The molecular weight excluding hydrogens is 314 g/mol. The third-order valence-electron chi connectivity index (χ3n) is 4.40.